The van der Waals surface area contributed by atoms with Crippen LogP contribution in [0.4, 0.5) is 0 Å². The molecule has 0 bridgehead atoms. The van der Waals surface area contributed by atoms with Crippen molar-refractivity contribution in [3.8, 4) is 17.2 Å². The van der Waals surface area contributed by atoms with E-state index in [0.717, 1.165) is 19.6 Å². The van der Waals surface area contributed by atoms with Crippen molar-refractivity contribution in [3.05, 3.63) is 17.7 Å². The molecule has 0 aliphatic rings. The molecule has 0 spiro atoms. The van der Waals surface area contributed by atoms with Gasteiger partial charge in [-0.3, -0.25) is 4.79 Å². The first kappa shape index (κ1) is 20.1. The van der Waals surface area contributed by atoms with Gasteiger partial charge in [-0.1, -0.05) is 13.8 Å². The molecule has 0 unspecified atom stereocenters. The quantitative estimate of drug-likeness (QED) is 0.710. The number of methoxy groups -OCH3 is 2. The van der Waals surface area contributed by atoms with Gasteiger partial charge in [-0.05, 0) is 39.1 Å². The molecule has 1 N–H and O–H groups in total. The first-order chi connectivity index (χ1) is 11.5. The summed E-state index contributed by atoms with van der Waals surface area (Å²) >= 11 is 0. The van der Waals surface area contributed by atoms with Gasteiger partial charge >= 0.3 is 0 Å². The number of rotatable bonds is 10. The van der Waals surface area contributed by atoms with Gasteiger partial charge in [0, 0.05) is 18.2 Å². The summed E-state index contributed by atoms with van der Waals surface area (Å²) in [6, 6.07) is 3.40. The lowest BCUT2D eigenvalue weighted by atomic mass is 10.1. The van der Waals surface area contributed by atoms with E-state index in [9.17, 15) is 4.79 Å². The highest BCUT2D eigenvalue weighted by Crippen LogP contribution is 2.38. The molecule has 0 radical (unpaired) electrons. The minimum absolute atomic E-state index is 0.0551. The topological polar surface area (TPSA) is 60.0 Å². The van der Waals surface area contributed by atoms with Crippen LogP contribution in [-0.2, 0) is 0 Å². The molecule has 1 amide bonds. The molecular formula is C18H30N2O4. The number of likely N-dealkylation sites (N-methyl/N-ethyl adjacent to an activating group) is 1. The van der Waals surface area contributed by atoms with Crippen LogP contribution in [0, 0.1) is 0 Å². The SMILES string of the molecule is CCN(CC)CCOc1c(OC)cc(C(=O)NC(C)C)cc1OC. The van der Waals surface area contributed by atoms with Crippen molar-refractivity contribution >= 4 is 5.91 Å². The minimum Gasteiger partial charge on any atom is -0.493 e. The Labute approximate surface area is 145 Å². The van der Waals surface area contributed by atoms with Gasteiger partial charge in [0.15, 0.2) is 11.5 Å². The van der Waals surface area contributed by atoms with Gasteiger partial charge in [0.2, 0.25) is 5.75 Å². The lowest BCUT2D eigenvalue weighted by molar-refractivity contribution is 0.0942. The average molecular weight is 338 g/mol. The Morgan fingerprint density at radius 1 is 1.12 bits per heavy atom. The van der Waals surface area contributed by atoms with Gasteiger partial charge in [-0.2, -0.15) is 0 Å². The summed E-state index contributed by atoms with van der Waals surface area (Å²) in [5.41, 5.74) is 0.480. The maximum absolute atomic E-state index is 12.2. The number of nitrogens with zero attached hydrogens (tertiary/aromatic N) is 1. The Morgan fingerprint density at radius 3 is 2.08 bits per heavy atom. The highest BCUT2D eigenvalue weighted by atomic mass is 16.5. The van der Waals surface area contributed by atoms with E-state index >= 15 is 0 Å². The number of hydrogen-bond acceptors (Lipinski definition) is 5. The number of carbonyl (C=O) groups excluding carboxylic acids is 1. The smallest absolute Gasteiger partial charge is 0.251 e. The van der Waals surface area contributed by atoms with Crippen LogP contribution in [-0.4, -0.2) is 57.3 Å². The molecule has 0 atom stereocenters. The molecule has 0 heterocycles. The maximum atomic E-state index is 12.2. The van der Waals surface area contributed by atoms with Gasteiger partial charge in [0.05, 0.1) is 14.2 Å². The third-order valence-corrected chi connectivity index (χ3v) is 3.69. The standard InChI is InChI=1S/C18H30N2O4/c1-7-20(8-2)9-10-24-17-15(22-5)11-14(12-16(17)23-6)18(21)19-13(3)4/h11-13H,7-10H2,1-6H3,(H,19,21). The fourth-order valence-corrected chi connectivity index (χ4v) is 2.32. The van der Waals surface area contributed by atoms with E-state index < -0.39 is 0 Å². The maximum Gasteiger partial charge on any atom is 0.251 e. The van der Waals surface area contributed by atoms with Crippen LogP contribution < -0.4 is 19.5 Å². The number of ether oxygens (including phenoxy) is 3. The Kier molecular flexibility index (Phi) is 8.40. The average Bonchev–Trinajstić information content (AvgIpc) is 2.57. The van der Waals surface area contributed by atoms with Gasteiger partial charge < -0.3 is 24.4 Å². The van der Waals surface area contributed by atoms with Crippen LogP contribution in [0.5, 0.6) is 17.2 Å². The molecule has 6 nitrogen and oxygen atoms in total. The van der Waals surface area contributed by atoms with E-state index in [1.807, 2.05) is 13.8 Å². The van der Waals surface area contributed by atoms with Gasteiger partial charge in [0.25, 0.3) is 5.91 Å². The summed E-state index contributed by atoms with van der Waals surface area (Å²) < 4.78 is 16.7. The van der Waals surface area contributed by atoms with Crippen molar-refractivity contribution < 1.29 is 19.0 Å². The molecule has 24 heavy (non-hydrogen) atoms. The van der Waals surface area contributed by atoms with Crippen LogP contribution in [0.15, 0.2) is 12.1 Å². The molecule has 0 aliphatic carbocycles. The Hall–Kier alpha value is -1.95. The third kappa shape index (κ3) is 5.60. The van der Waals surface area contributed by atoms with Crippen LogP contribution >= 0.6 is 0 Å². The molecule has 1 aromatic rings. The van der Waals surface area contributed by atoms with Gasteiger partial charge in [-0.25, -0.2) is 0 Å². The van der Waals surface area contributed by atoms with Crippen molar-refractivity contribution in [2.75, 3.05) is 40.5 Å². The minimum atomic E-state index is -0.170. The lowest BCUT2D eigenvalue weighted by Crippen LogP contribution is -2.30. The third-order valence-electron chi connectivity index (χ3n) is 3.69. The zero-order chi connectivity index (χ0) is 18.1. The van der Waals surface area contributed by atoms with E-state index in [1.165, 1.54) is 0 Å². The second kappa shape index (κ2) is 10.0. The van der Waals surface area contributed by atoms with Gasteiger partial charge in [-0.15, -0.1) is 0 Å². The van der Waals surface area contributed by atoms with Crippen LogP contribution in [0.1, 0.15) is 38.1 Å². The molecule has 0 fully saturated rings. The summed E-state index contributed by atoms with van der Waals surface area (Å²) in [6.07, 6.45) is 0. The van der Waals surface area contributed by atoms with E-state index in [2.05, 4.69) is 24.1 Å². The zero-order valence-corrected chi connectivity index (χ0v) is 15.6. The second-order valence-corrected chi connectivity index (χ2v) is 5.71. The largest absolute Gasteiger partial charge is 0.493 e. The van der Waals surface area contributed by atoms with Crippen molar-refractivity contribution in [1.29, 1.82) is 0 Å². The summed E-state index contributed by atoms with van der Waals surface area (Å²) in [5, 5.41) is 2.86. The van der Waals surface area contributed by atoms with E-state index in [-0.39, 0.29) is 11.9 Å². The number of hydrogen-bond donors (Lipinski definition) is 1. The van der Waals surface area contributed by atoms with E-state index in [4.69, 9.17) is 14.2 Å². The normalized spacial score (nSPS) is 10.8. The molecule has 0 saturated heterocycles. The van der Waals surface area contributed by atoms with Crippen molar-refractivity contribution in [1.82, 2.24) is 10.2 Å². The number of benzene rings is 1. The van der Waals surface area contributed by atoms with Crippen LogP contribution in [0.25, 0.3) is 0 Å². The number of nitrogens with one attached hydrogen (secondary N) is 1. The predicted octanol–water partition coefficient (Wildman–Crippen LogP) is 2.56. The molecular weight excluding hydrogens is 308 g/mol. The molecule has 6 heteroatoms. The molecule has 0 aliphatic heterocycles. The highest BCUT2D eigenvalue weighted by molar-refractivity contribution is 5.95. The van der Waals surface area contributed by atoms with Crippen LogP contribution in [0.3, 0.4) is 0 Å². The van der Waals surface area contributed by atoms with Crippen LogP contribution in [0.2, 0.25) is 0 Å². The van der Waals surface area contributed by atoms with Gasteiger partial charge in [0.1, 0.15) is 6.61 Å². The molecule has 1 aromatic carbocycles. The number of carbonyl (C=O) groups is 1. The molecule has 136 valence electrons. The fourth-order valence-electron chi connectivity index (χ4n) is 2.32. The Balaban J connectivity index is 2.97. The zero-order valence-electron chi connectivity index (χ0n) is 15.6. The second-order valence-electron chi connectivity index (χ2n) is 5.71. The predicted molar refractivity (Wildman–Crippen MR) is 95.4 cm³/mol. The first-order valence-corrected chi connectivity index (χ1v) is 8.38. The summed E-state index contributed by atoms with van der Waals surface area (Å²) in [4.78, 5) is 14.5. The molecule has 1 rings (SSSR count). The fraction of sp³-hybridized carbons (Fsp3) is 0.611. The Bertz CT molecular complexity index is 503. The first-order valence-electron chi connectivity index (χ1n) is 8.38. The summed E-state index contributed by atoms with van der Waals surface area (Å²) in [5.74, 6) is 1.33. The van der Waals surface area contributed by atoms with E-state index in [0.29, 0.717) is 29.4 Å². The van der Waals surface area contributed by atoms with E-state index in [1.54, 1.807) is 26.4 Å². The number of amides is 1. The monoisotopic (exact) mass is 338 g/mol. The van der Waals surface area contributed by atoms with Crippen molar-refractivity contribution in [3.63, 3.8) is 0 Å². The highest BCUT2D eigenvalue weighted by Gasteiger charge is 2.18. The molecule has 0 saturated carbocycles. The summed E-state index contributed by atoms with van der Waals surface area (Å²) in [6.45, 7) is 11.3. The molecule has 0 aromatic heterocycles. The summed E-state index contributed by atoms with van der Waals surface area (Å²) in [7, 11) is 3.10. The Morgan fingerprint density at radius 2 is 1.67 bits per heavy atom. The van der Waals surface area contributed by atoms with Crippen molar-refractivity contribution in [2.45, 2.75) is 33.7 Å². The van der Waals surface area contributed by atoms with Crippen molar-refractivity contribution in [2.24, 2.45) is 0 Å². The lowest BCUT2D eigenvalue weighted by Gasteiger charge is -2.20.